The number of carbonyl (C=O) groups is 2. The fraction of sp³-hybridized carbons (Fsp3) is 0.297. The quantitative estimate of drug-likeness (QED) is 0.101. The Kier molecular flexibility index (Phi) is 13.3. The molecule has 1 unspecified atom stereocenters. The lowest BCUT2D eigenvalue weighted by molar-refractivity contribution is -0.140. The summed E-state index contributed by atoms with van der Waals surface area (Å²) in [5.41, 5.74) is 2.02. The van der Waals surface area contributed by atoms with Gasteiger partial charge in [-0.1, -0.05) is 74.0 Å². The fourth-order valence-electron chi connectivity index (χ4n) is 5.12. The minimum atomic E-state index is -4.19. The maximum Gasteiger partial charge on any atom is 0.264 e. The predicted molar refractivity (Wildman–Crippen MR) is 189 cm³/mol. The number of rotatable bonds is 17. The van der Waals surface area contributed by atoms with Gasteiger partial charge in [0.25, 0.3) is 10.0 Å². The van der Waals surface area contributed by atoms with Gasteiger partial charge in [0.05, 0.1) is 17.2 Å². The molecule has 0 aliphatic heterocycles. The molecule has 0 radical (unpaired) electrons. The summed E-state index contributed by atoms with van der Waals surface area (Å²) in [5.74, 6) is -0.199. The highest BCUT2D eigenvalue weighted by Gasteiger charge is 2.34. The summed E-state index contributed by atoms with van der Waals surface area (Å²) in [4.78, 5) is 30.9. The fourth-order valence-corrected chi connectivity index (χ4v) is 6.94. The van der Waals surface area contributed by atoms with Gasteiger partial charge in [-0.2, -0.15) is 0 Å². The molecule has 0 aromatic heterocycles. The van der Waals surface area contributed by atoms with Crippen LogP contribution < -0.4 is 14.4 Å². The van der Waals surface area contributed by atoms with Crippen molar-refractivity contribution in [3.05, 3.63) is 120 Å². The number of sulfonamides is 1. The summed E-state index contributed by atoms with van der Waals surface area (Å²) in [7, 11) is -4.19. The molecule has 248 valence electrons. The zero-order chi connectivity index (χ0) is 33.6. The van der Waals surface area contributed by atoms with Gasteiger partial charge in [0.1, 0.15) is 18.3 Å². The summed E-state index contributed by atoms with van der Waals surface area (Å²) in [6.45, 7) is 4.46. The highest BCUT2D eigenvalue weighted by Crippen LogP contribution is 2.28. The van der Waals surface area contributed by atoms with Gasteiger partial charge in [-0.3, -0.25) is 13.9 Å². The minimum absolute atomic E-state index is 0.0599. The zero-order valence-corrected chi connectivity index (χ0v) is 28.8. The van der Waals surface area contributed by atoms with Crippen molar-refractivity contribution in [2.75, 3.05) is 30.3 Å². The van der Waals surface area contributed by atoms with E-state index in [4.69, 9.17) is 4.74 Å². The molecule has 1 N–H and O–H groups in total. The van der Waals surface area contributed by atoms with Crippen molar-refractivity contribution in [1.82, 2.24) is 10.2 Å². The Hall–Kier alpha value is -4.28. The first-order valence-electron chi connectivity index (χ1n) is 15.8. The van der Waals surface area contributed by atoms with Crippen molar-refractivity contribution in [2.24, 2.45) is 0 Å². The second-order valence-corrected chi connectivity index (χ2v) is 13.7. The van der Waals surface area contributed by atoms with Gasteiger partial charge in [-0.05, 0) is 79.3 Å². The van der Waals surface area contributed by atoms with Crippen LogP contribution in [0.3, 0.4) is 0 Å². The largest absolute Gasteiger partial charge is 0.494 e. The number of benzene rings is 4. The van der Waals surface area contributed by atoms with Crippen molar-refractivity contribution in [1.29, 1.82) is 0 Å². The number of carbonyl (C=O) groups excluding carboxylic acids is 2. The van der Waals surface area contributed by atoms with E-state index in [0.29, 0.717) is 24.6 Å². The SMILES string of the molecule is CCCCNC(=O)C(Cc1ccccc1)N(Cc1ccccc1)C(=O)CN(c1ccc(OCC)cc1)S(=O)(=O)c1ccc(SC)cc1. The molecule has 4 aromatic rings. The average molecular weight is 674 g/mol. The highest BCUT2D eigenvalue weighted by atomic mass is 32.2. The van der Waals surface area contributed by atoms with E-state index in [1.807, 2.05) is 80.8 Å². The van der Waals surface area contributed by atoms with E-state index < -0.39 is 28.5 Å². The highest BCUT2D eigenvalue weighted by molar-refractivity contribution is 7.98. The van der Waals surface area contributed by atoms with E-state index in [1.54, 1.807) is 48.5 Å². The normalized spacial score (nSPS) is 11.8. The number of anilines is 1. The maximum absolute atomic E-state index is 14.6. The van der Waals surface area contributed by atoms with Crippen LogP contribution in [0.1, 0.15) is 37.8 Å². The number of thioether (sulfide) groups is 1. The van der Waals surface area contributed by atoms with E-state index >= 15 is 0 Å². The lowest BCUT2D eigenvalue weighted by Gasteiger charge is -2.34. The van der Waals surface area contributed by atoms with E-state index in [9.17, 15) is 18.0 Å². The first-order valence-corrected chi connectivity index (χ1v) is 18.5. The van der Waals surface area contributed by atoms with E-state index in [1.165, 1.54) is 16.7 Å². The Labute approximate surface area is 283 Å². The van der Waals surface area contributed by atoms with Crippen molar-refractivity contribution in [3.63, 3.8) is 0 Å². The molecular weight excluding hydrogens is 631 g/mol. The van der Waals surface area contributed by atoms with Gasteiger partial charge in [0, 0.05) is 24.4 Å². The number of nitrogens with zero attached hydrogens (tertiary/aromatic N) is 2. The smallest absolute Gasteiger partial charge is 0.264 e. The third-order valence-electron chi connectivity index (χ3n) is 7.66. The molecule has 0 aliphatic carbocycles. The van der Waals surface area contributed by atoms with Crippen molar-refractivity contribution in [2.45, 2.75) is 55.5 Å². The summed E-state index contributed by atoms with van der Waals surface area (Å²) in [6.07, 6.45) is 3.89. The van der Waals surface area contributed by atoms with Gasteiger partial charge in [0.15, 0.2) is 0 Å². The molecule has 0 bridgehead atoms. The molecule has 8 nitrogen and oxygen atoms in total. The predicted octanol–water partition coefficient (Wildman–Crippen LogP) is 6.56. The molecule has 0 fully saturated rings. The second-order valence-electron chi connectivity index (χ2n) is 11.0. The van der Waals surface area contributed by atoms with E-state index in [-0.39, 0.29) is 23.8 Å². The number of ether oxygens (including phenoxy) is 1. The molecular formula is C37H43N3O5S2. The third kappa shape index (κ3) is 9.86. The molecule has 0 saturated carbocycles. The van der Waals surface area contributed by atoms with Gasteiger partial charge in [-0.15, -0.1) is 11.8 Å². The van der Waals surface area contributed by atoms with Crippen LogP contribution >= 0.6 is 11.8 Å². The van der Waals surface area contributed by atoms with Crippen LogP contribution in [0.4, 0.5) is 5.69 Å². The summed E-state index contributed by atoms with van der Waals surface area (Å²) < 4.78 is 35.2. The maximum atomic E-state index is 14.6. The number of amides is 2. The number of hydrogen-bond acceptors (Lipinski definition) is 6. The Morgan fingerprint density at radius 2 is 1.45 bits per heavy atom. The van der Waals surface area contributed by atoms with Crippen LogP contribution in [0.25, 0.3) is 0 Å². The summed E-state index contributed by atoms with van der Waals surface area (Å²) >= 11 is 1.51. The van der Waals surface area contributed by atoms with Crippen LogP contribution in [0, 0.1) is 0 Å². The summed E-state index contributed by atoms with van der Waals surface area (Å²) in [6, 6.07) is 31.3. The third-order valence-corrected chi connectivity index (χ3v) is 10.2. The monoisotopic (exact) mass is 673 g/mol. The number of hydrogen-bond donors (Lipinski definition) is 1. The number of unbranched alkanes of at least 4 members (excludes halogenated alkanes) is 1. The van der Waals surface area contributed by atoms with E-state index in [2.05, 4.69) is 5.32 Å². The Morgan fingerprint density at radius 3 is 2.02 bits per heavy atom. The summed E-state index contributed by atoms with van der Waals surface area (Å²) in [5, 5.41) is 3.01. The first kappa shape index (κ1) is 35.6. The van der Waals surface area contributed by atoms with Crippen LogP contribution in [-0.2, 0) is 32.6 Å². The molecule has 47 heavy (non-hydrogen) atoms. The van der Waals surface area contributed by atoms with Crippen LogP contribution in [0.15, 0.2) is 119 Å². The topological polar surface area (TPSA) is 96.0 Å². The molecule has 4 rings (SSSR count). The molecule has 0 aliphatic rings. The average Bonchev–Trinajstić information content (AvgIpc) is 3.10. The molecule has 1 atom stereocenters. The molecule has 2 amide bonds. The van der Waals surface area contributed by atoms with Crippen molar-refractivity contribution >= 4 is 39.3 Å². The number of nitrogens with one attached hydrogen (secondary N) is 1. The molecule has 0 spiro atoms. The van der Waals surface area contributed by atoms with Crippen molar-refractivity contribution in [3.8, 4) is 5.75 Å². The Bertz CT molecular complexity index is 1670. The van der Waals surface area contributed by atoms with Crippen LogP contribution in [0.5, 0.6) is 5.75 Å². The van der Waals surface area contributed by atoms with Crippen LogP contribution in [-0.4, -0.2) is 57.1 Å². The van der Waals surface area contributed by atoms with Gasteiger partial charge in [-0.25, -0.2) is 8.42 Å². The standard InChI is InChI=1S/C37H43N3O5S2/c1-4-6-25-38-37(42)35(26-29-13-9-7-10-14-29)39(27-30-15-11-8-12-16-30)36(41)28-40(31-17-19-32(20-18-31)45-5-2)47(43,44)34-23-21-33(46-3)22-24-34/h7-24,35H,4-6,25-28H2,1-3H3,(H,38,42). The lowest BCUT2D eigenvalue weighted by Crippen LogP contribution is -2.53. The molecule has 4 aromatic carbocycles. The van der Waals surface area contributed by atoms with Gasteiger partial charge in [0.2, 0.25) is 11.8 Å². The molecule has 0 saturated heterocycles. The van der Waals surface area contributed by atoms with Crippen LogP contribution in [0.2, 0.25) is 0 Å². The Morgan fingerprint density at radius 1 is 0.830 bits per heavy atom. The Balaban J connectivity index is 1.77. The lowest BCUT2D eigenvalue weighted by atomic mass is 10.0. The molecule has 10 heteroatoms. The molecule has 0 heterocycles. The van der Waals surface area contributed by atoms with Crippen molar-refractivity contribution < 1.29 is 22.7 Å². The zero-order valence-electron chi connectivity index (χ0n) is 27.2. The second kappa shape index (κ2) is 17.6. The first-order chi connectivity index (χ1) is 22.8. The van der Waals surface area contributed by atoms with Gasteiger partial charge >= 0.3 is 0 Å². The van der Waals surface area contributed by atoms with E-state index in [0.717, 1.165) is 33.2 Å². The van der Waals surface area contributed by atoms with Gasteiger partial charge < -0.3 is 15.0 Å². The minimum Gasteiger partial charge on any atom is -0.494 e.